The van der Waals surface area contributed by atoms with E-state index in [4.69, 9.17) is 4.74 Å². The average molecular weight is 430 g/mol. The molecular formula is C26H27N3O3. The standard InChI is InChI=1S/C26H27N3O3/c1-32-23-14-12-22(13-15-23)27-25(30)24(20-8-4-2-5-9-20)28-16-18-29(19-17-28)26(31)21-10-6-3-7-11-21/h2-15,24H,16-19H2,1H3,(H,27,30). The predicted octanol–water partition coefficient (Wildman–Crippen LogP) is 3.83. The Labute approximate surface area is 188 Å². The molecule has 0 spiro atoms. The lowest BCUT2D eigenvalue weighted by Crippen LogP contribution is -2.51. The van der Waals surface area contributed by atoms with Gasteiger partial charge in [0.1, 0.15) is 11.8 Å². The second-order valence-corrected chi connectivity index (χ2v) is 7.73. The first-order chi connectivity index (χ1) is 15.7. The second-order valence-electron chi connectivity index (χ2n) is 7.73. The van der Waals surface area contributed by atoms with Gasteiger partial charge in [-0.05, 0) is 42.0 Å². The topological polar surface area (TPSA) is 61.9 Å². The number of piperazine rings is 1. The van der Waals surface area contributed by atoms with Gasteiger partial charge in [-0.25, -0.2) is 0 Å². The number of nitrogens with one attached hydrogen (secondary N) is 1. The van der Waals surface area contributed by atoms with Crippen molar-refractivity contribution in [2.24, 2.45) is 0 Å². The van der Waals surface area contributed by atoms with Gasteiger partial charge in [0.2, 0.25) is 5.91 Å². The largest absolute Gasteiger partial charge is 0.497 e. The molecule has 6 heteroatoms. The monoisotopic (exact) mass is 429 g/mol. The lowest BCUT2D eigenvalue weighted by atomic mass is 10.0. The van der Waals surface area contributed by atoms with E-state index < -0.39 is 6.04 Å². The van der Waals surface area contributed by atoms with Gasteiger partial charge in [-0.3, -0.25) is 14.5 Å². The first-order valence-corrected chi connectivity index (χ1v) is 10.7. The number of carbonyl (C=O) groups is 2. The Morgan fingerprint density at radius 1 is 0.812 bits per heavy atom. The number of benzene rings is 3. The summed E-state index contributed by atoms with van der Waals surface area (Å²) >= 11 is 0. The van der Waals surface area contributed by atoms with Crippen LogP contribution in [0.4, 0.5) is 5.69 Å². The molecule has 1 atom stereocenters. The van der Waals surface area contributed by atoms with Crippen molar-refractivity contribution in [2.75, 3.05) is 38.6 Å². The van der Waals surface area contributed by atoms with E-state index in [2.05, 4.69) is 10.2 Å². The van der Waals surface area contributed by atoms with E-state index in [0.717, 1.165) is 17.0 Å². The molecule has 1 heterocycles. The van der Waals surface area contributed by atoms with Crippen molar-refractivity contribution in [2.45, 2.75) is 6.04 Å². The van der Waals surface area contributed by atoms with Gasteiger partial charge in [0, 0.05) is 37.4 Å². The van der Waals surface area contributed by atoms with Crippen LogP contribution in [-0.4, -0.2) is 54.9 Å². The number of methoxy groups -OCH3 is 1. The maximum atomic E-state index is 13.3. The Balaban J connectivity index is 1.47. The van der Waals surface area contributed by atoms with Gasteiger partial charge in [-0.15, -0.1) is 0 Å². The molecule has 0 aromatic heterocycles. The molecule has 3 aromatic rings. The molecule has 6 nitrogen and oxygen atoms in total. The Bertz CT molecular complexity index is 1030. The molecule has 164 valence electrons. The molecule has 0 radical (unpaired) electrons. The van der Waals surface area contributed by atoms with Crippen molar-refractivity contribution in [3.05, 3.63) is 96.1 Å². The fourth-order valence-corrected chi connectivity index (χ4v) is 3.99. The van der Waals surface area contributed by atoms with E-state index >= 15 is 0 Å². The Morgan fingerprint density at radius 3 is 2.00 bits per heavy atom. The lowest BCUT2D eigenvalue weighted by Gasteiger charge is -2.38. The van der Waals surface area contributed by atoms with Crippen molar-refractivity contribution < 1.29 is 14.3 Å². The Kier molecular flexibility index (Phi) is 6.82. The zero-order valence-corrected chi connectivity index (χ0v) is 18.1. The van der Waals surface area contributed by atoms with E-state index in [1.165, 1.54) is 0 Å². The maximum absolute atomic E-state index is 13.3. The normalized spacial score (nSPS) is 15.1. The van der Waals surface area contributed by atoms with E-state index in [1.807, 2.05) is 89.8 Å². The number of hydrogen-bond acceptors (Lipinski definition) is 4. The molecule has 1 fully saturated rings. The third-order valence-corrected chi connectivity index (χ3v) is 5.71. The van der Waals surface area contributed by atoms with Crippen LogP contribution in [0.1, 0.15) is 22.0 Å². The first kappa shape index (κ1) is 21.6. The van der Waals surface area contributed by atoms with Gasteiger partial charge in [0.05, 0.1) is 7.11 Å². The van der Waals surface area contributed by atoms with Gasteiger partial charge in [0.15, 0.2) is 0 Å². The van der Waals surface area contributed by atoms with Gasteiger partial charge in [-0.2, -0.15) is 0 Å². The summed E-state index contributed by atoms with van der Waals surface area (Å²) in [6.07, 6.45) is 0. The van der Waals surface area contributed by atoms with Crippen LogP contribution in [0.3, 0.4) is 0 Å². The fraction of sp³-hybridized carbons (Fsp3) is 0.231. The molecule has 0 aliphatic carbocycles. The number of rotatable bonds is 6. The second kappa shape index (κ2) is 10.1. The summed E-state index contributed by atoms with van der Waals surface area (Å²) in [6.45, 7) is 2.39. The highest BCUT2D eigenvalue weighted by Crippen LogP contribution is 2.25. The minimum Gasteiger partial charge on any atom is -0.497 e. The highest BCUT2D eigenvalue weighted by molar-refractivity contribution is 5.96. The molecule has 2 amide bonds. The van der Waals surface area contributed by atoms with E-state index in [9.17, 15) is 9.59 Å². The van der Waals surface area contributed by atoms with E-state index in [-0.39, 0.29) is 11.8 Å². The number of anilines is 1. The van der Waals surface area contributed by atoms with Crippen molar-refractivity contribution >= 4 is 17.5 Å². The molecule has 3 aromatic carbocycles. The summed E-state index contributed by atoms with van der Waals surface area (Å²) in [7, 11) is 1.61. The van der Waals surface area contributed by atoms with Crippen LogP contribution in [0.15, 0.2) is 84.9 Å². The molecular weight excluding hydrogens is 402 g/mol. The van der Waals surface area contributed by atoms with Crippen LogP contribution >= 0.6 is 0 Å². The Hall–Kier alpha value is -3.64. The van der Waals surface area contributed by atoms with Gasteiger partial charge in [-0.1, -0.05) is 48.5 Å². The van der Waals surface area contributed by atoms with Crippen LogP contribution in [-0.2, 0) is 4.79 Å². The molecule has 1 N–H and O–H groups in total. The minimum atomic E-state index is -0.438. The highest BCUT2D eigenvalue weighted by Gasteiger charge is 2.32. The van der Waals surface area contributed by atoms with Gasteiger partial charge in [0.25, 0.3) is 5.91 Å². The van der Waals surface area contributed by atoms with Gasteiger partial charge < -0.3 is 15.0 Å². The molecule has 0 bridgehead atoms. The summed E-state index contributed by atoms with van der Waals surface area (Å²) in [5.41, 5.74) is 2.34. The van der Waals surface area contributed by atoms with Crippen LogP contribution in [0.25, 0.3) is 0 Å². The Morgan fingerprint density at radius 2 is 1.41 bits per heavy atom. The molecule has 32 heavy (non-hydrogen) atoms. The zero-order chi connectivity index (χ0) is 22.3. The number of hydrogen-bond donors (Lipinski definition) is 1. The van der Waals surface area contributed by atoms with E-state index in [0.29, 0.717) is 31.7 Å². The number of ether oxygens (including phenoxy) is 1. The van der Waals surface area contributed by atoms with Crippen molar-refractivity contribution in [3.8, 4) is 5.75 Å². The summed E-state index contributed by atoms with van der Waals surface area (Å²) in [5, 5.41) is 3.03. The first-order valence-electron chi connectivity index (χ1n) is 10.7. The third-order valence-electron chi connectivity index (χ3n) is 5.71. The highest BCUT2D eigenvalue weighted by atomic mass is 16.5. The molecule has 1 unspecified atom stereocenters. The summed E-state index contributed by atoms with van der Waals surface area (Å²) in [5.74, 6) is 0.676. The van der Waals surface area contributed by atoms with Crippen LogP contribution in [0.2, 0.25) is 0 Å². The molecule has 4 rings (SSSR count). The quantitative estimate of drug-likeness (QED) is 0.647. The molecule has 0 saturated carbocycles. The van der Waals surface area contributed by atoms with Crippen LogP contribution in [0, 0.1) is 0 Å². The number of amides is 2. The van der Waals surface area contributed by atoms with Crippen LogP contribution in [0.5, 0.6) is 5.75 Å². The lowest BCUT2D eigenvalue weighted by molar-refractivity contribution is -0.122. The average Bonchev–Trinajstić information content (AvgIpc) is 2.86. The summed E-state index contributed by atoms with van der Waals surface area (Å²) in [4.78, 5) is 30.1. The summed E-state index contributed by atoms with van der Waals surface area (Å²) < 4.78 is 5.19. The van der Waals surface area contributed by atoms with Crippen molar-refractivity contribution in [3.63, 3.8) is 0 Å². The maximum Gasteiger partial charge on any atom is 0.253 e. The summed E-state index contributed by atoms with van der Waals surface area (Å²) in [6, 6.07) is 26.0. The zero-order valence-electron chi connectivity index (χ0n) is 18.1. The molecule has 1 aliphatic heterocycles. The smallest absolute Gasteiger partial charge is 0.253 e. The van der Waals surface area contributed by atoms with Gasteiger partial charge >= 0.3 is 0 Å². The third kappa shape index (κ3) is 4.98. The fourth-order valence-electron chi connectivity index (χ4n) is 3.99. The number of carbonyl (C=O) groups excluding carboxylic acids is 2. The van der Waals surface area contributed by atoms with Crippen LogP contribution < -0.4 is 10.1 Å². The molecule has 1 saturated heterocycles. The van der Waals surface area contributed by atoms with E-state index in [1.54, 1.807) is 7.11 Å². The SMILES string of the molecule is COc1ccc(NC(=O)C(c2ccccc2)N2CCN(C(=O)c3ccccc3)CC2)cc1. The minimum absolute atomic E-state index is 0.0317. The molecule has 1 aliphatic rings. The number of nitrogens with zero attached hydrogens (tertiary/aromatic N) is 2. The van der Waals surface area contributed by atoms with Crippen molar-refractivity contribution in [1.82, 2.24) is 9.80 Å². The predicted molar refractivity (Wildman–Crippen MR) is 125 cm³/mol. The van der Waals surface area contributed by atoms with Crippen molar-refractivity contribution in [1.29, 1.82) is 0 Å².